The average Bonchev–Trinajstić information content (AvgIpc) is 2.66. The van der Waals surface area contributed by atoms with Gasteiger partial charge in [0.1, 0.15) is 6.29 Å². The fourth-order valence-electron chi connectivity index (χ4n) is 2.12. The van der Waals surface area contributed by atoms with E-state index in [9.17, 15) is 9.59 Å². The number of anilines is 1. The Hall–Kier alpha value is -2.98. The van der Waals surface area contributed by atoms with Crippen molar-refractivity contribution in [2.24, 2.45) is 0 Å². The molecule has 1 amide bonds. The van der Waals surface area contributed by atoms with Crippen LogP contribution >= 0.6 is 11.8 Å². The average molecular weight is 370 g/mol. The predicted octanol–water partition coefficient (Wildman–Crippen LogP) is 3.53. The number of nitrogens with zero attached hydrogens (tertiary/aromatic N) is 1. The number of carbonyl (C=O) groups excluding carboxylic acids is 2. The van der Waals surface area contributed by atoms with Crippen molar-refractivity contribution in [3.8, 4) is 17.6 Å². The summed E-state index contributed by atoms with van der Waals surface area (Å²) in [5.41, 5.74) is 1.09. The highest BCUT2D eigenvalue weighted by molar-refractivity contribution is 7.99. The molecule has 26 heavy (non-hydrogen) atoms. The van der Waals surface area contributed by atoms with E-state index in [-0.39, 0.29) is 12.5 Å². The number of benzene rings is 2. The van der Waals surface area contributed by atoms with Crippen LogP contribution in [-0.2, 0) is 4.79 Å². The van der Waals surface area contributed by atoms with Crippen molar-refractivity contribution < 1.29 is 19.1 Å². The van der Waals surface area contributed by atoms with Gasteiger partial charge in [0.2, 0.25) is 0 Å². The van der Waals surface area contributed by atoms with E-state index in [4.69, 9.17) is 14.7 Å². The lowest BCUT2D eigenvalue weighted by atomic mass is 10.2. The maximum atomic E-state index is 12.2. The van der Waals surface area contributed by atoms with Crippen molar-refractivity contribution in [2.75, 3.05) is 24.3 Å². The minimum atomic E-state index is -0.336. The number of amides is 1. The number of ether oxygens (including phenoxy) is 2. The van der Waals surface area contributed by atoms with Crippen LogP contribution in [0.25, 0.3) is 0 Å². The molecule has 0 spiro atoms. The van der Waals surface area contributed by atoms with Gasteiger partial charge in [0.05, 0.1) is 24.1 Å². The van der Waals surface area contributed by atoms with E-state index in [1.54, 1.807) is 30.3 Å². The van der Waals surface area contributed by atoms with Gasteiger partial charge < -0.3 is 14.8 Å². The predicted molar refractivity (Wildman–Crippen MR) is 99.9 cm³/mol. The molecule has 0 aliphatic heterocycles. The topological polar surface area (TPSA) is 88.4 Å². The molecule has 0 aliphatic carbocycles. The van der Waals surface area contributed by atoms with Gasteiger partial charge in [-0.3, -0.25) is 9.59 Å². The molecule has 0 aliphatic rings. The molecule has 6 nitrogen and oxygen atoms in total. The van der Waals surface area contributed by atoms with Crippen LogP contribution in [-0.4, -0.2) is 31.2 Å². The Labute approximate surface area is 156 Å². The van der Waals surface area contributed by atoms with Crippen LogP contribution in [0.2, 0.25) is 0 Å². The molecule has 0 radical (unpaired) electrons. The highest BCUT2D eigenvalue weighted by atomic mass is 32.2. The number of hydrogen-bond donors (Lipinski definition) is 1. The largest absolute Gasteiger partial charge is 0.490 e. The van der Waals surface area contributed by atoms with Gasteiger partial charge in [0, 0.05) is 10.5 Å². The lowest BCUT2D eigenvalue weighted by Crippen LogP contribution is -2.20. The smallest absolute Gasteiger partial charge is 0.262 e. The molecule has 0 fully saturated rings. The molecule has 0 saturated heterocycles. The first-order valence-electron chi connectivity index (χ1n) is 7.91. The van der Waals surface area contributed by atoms with Crippen molar-refractivity contribution in [2.45, 2.75) is 11.8 Å². The van der Waals surface area contributed by atoms with Crippen LogP contribution in [0.5, 0.6) is 11.5 Å². The van der Waals surface area contributed by atoms with E-state index >= 15 is 0 Å². The van der Waals surface area contributed by atoms with Gasteiger partial charge in [-0.05, 0) is 37.3 Å². The van der Waals surface area contributed by atoms with E-state index < -0.39 is 0 Å². The first kappa shape index (κ1) is 19.3. The number of carbonyl (C=O) groups is 2. The number of rotatable bonds is 9. The van der Waals surface area contributed by atoms with E-state index in [1.165, 1.54) is 11.8 Å². The fourth-order valence-corrected chi connectivity index (χ4v) is 2.79. The molecule has 134 valence electrons. The summed E-state index contributed by atoms with van der Waals surface area (Å²) in [7, 11) is 0. The van der Waals surface area contributed by atoms with E-state index in [0.717, 1.165) is 11.2 Å². The third-order valence-electron chi connectivity index (χ3n) is 3.22. The first-order valence-corrected chi connectivity index (χ1v) is 8.90. The summed E-state index contributed by atoms with van der Waals surface area (Å²) < 4.78 is 11.0. The van der Waals surface area contributed by atoms with Gasteiger partial charge in [-0.1, -0.05) is 12.1 Å². The van der Waals surface area contributed by atoms with Gasteiger partial charge in [0.15, 0.2) is 18.1 Å². The summed E-state index contributed by atoms with van der Waals surface area (Å²) in [5, 5.41) is 11.5. The highest BCUT2D eigenvalue weighted by Gasteiger charge is 2.11. The molecule has 7 heteroatoms. The molecule has 0 atom stereocenters. The second kappa shape index (κ2) is 10.1. The summed E-state index contributed by atoms with van der Waals surface area (Å²) in [6.07, 6.45) is 0.717. The Morgan fingerprint density at radius 2 is 2.04 bits per heavy atom. The van der Waals surface area contributed by atoms with Gasteiger partial charge in [-0.2, -0.15) is 5.26 Å². The maximum Gasteiger partial charge on any atom is 0.262 e. The summed E-state index contributed by atoms with van der Waals surface area (Å²) in [5.74, 6) is 0.760. The standard InChI is InChI=1S/C19H18N2O4S/c1-2-24-17-11-14(12-22)7-8-16(17)25-13-19(23)21-15-5-3-4-6-18(15)26-10-9-20/h3-8,11-12H,2,10,13H2,1H3,(H,21,23). The van der Waals surface area contributed by atoms with Crippen molar-refractivity contribution in [1.29, 1.82) is 5.26 Å². The summed E-state index contributed by atoms with van der Waals surface area (Å²) >= 11 is 1.35. The van der Waals surface area contributed by atoms with Crippen LogP contribution in [0.4, 0.5) is 5.69 Å². The monoisotopic (exact) mass is 370 g/mol. The van der Waals surface area contributed by atoms with Crippen molar-refractivity contribution >= 4 is 29.6 Å². The Balaban J connectivity index is 2.01. The molecule has 0 aromatic heterocycles. The van der Waals surface area contributed by atoms with Crippen molar-refractivity contribution in [1.82, 2.24) is 0 Å². The molecule has 0 unspecified atom stereocenters. The second-order valence-electron chi connectivity index (χ2n) is 5.04. The second-order valence-corrected chi connectivity index (χ2v) is 6.05. The lowest BCUT2D eigenvalue weighted by molar-refractivity contribution is -0.118. The van der Waals surface area contributed by atoms with Gasteiger partial charge >= 0.3 is 0 Å². The minimum absolute atomic E-state index is 0.211. The van der Waals surface area contributed by atoms with Crippen molar-refractivity contribution in [3.05, 3.63) is 48.0 Å². The Bertz CT molecular complexity index is 817. The maximum absolute atomic E-state index is 12.2. The van der Waals surface area contributed by atoms with Crippen LogP contribution in [0.1, 0.15) is 17.3 Å². The zero-order valence-electron chi connectivity index (χ0n) is 14.2. The fraction of sp³-hybridized carbons (Fsp3) is 0.211. The van der Waals surface area contributed by atoms with Crippen LogP contribution in [0.15, 0.2) is 47.4 Å². The van der Waals surface area contributed by atoms with Gasteiger partial charge in [-0.25, -0.2) is 0 Å². The van der Waals surface area contributed by atoms with Gasteiger partial charge in [-0.15, -0.1) is 11.8 Å². The minimum Gasteiger partial charge on any atom is -0.490 e. The molecular formula is C19H18N2O4S. The normalized spacial score (nSPS) is 9.85. The molecule has 1 N–H and O–H groups in total. The molecule has 0 bridgehead atoms. The molecule has 2 rings (SSSR count). The third kappa shape index (κ3) is 5.53. The Morgan fingerprint density at radius 3 is 2.77 bits per heavy atom. The SMILES string of the molecule is CCOc1cc(C=O)ccc1OCC(=O)Nc1ccccc1SCC#N. The molecule has 2 aromatic rings. The Morgan fingerprint density at radius 1 is 1.23 bits per heavy atom. The quantitative estimate of drug-likeness (QED) is 0.537. The Kier molecular flexibility index (Phi) is 7.52. The highest BCUT2D eigenvalue weighted by Crippen LogP contribution is 2.29. The summed E-state index contributed by atoms with van der Waals surface area (Å²) in [6.45, 7) is 2.02. The van der Waals surface area contributed by atoms with Crippen LogP contribution < -0.4 is 14.8 Å². The summed E-state index contributed by atoms with van der Waals surface area (Å²) in [6, 6.07) is 14.1. The number of hydrogen-bond acceptors (Lipinski definition) is 6. The number of nitrogens with one attached hydrogen (secondary N) is 1. The first-order chi connectivity index (χ1) is 12.7. The zero-order chi connectivity index (χ0) is 18.8. The van der Waals surface area contributed by atoms with E-state index in [0.29, 0.717) is 35.1 Å². The third-order valence-corrected chi connectivity index (χ3v) is 4.16. The number of para-hydroxylation sites is 1. The molecule has 0 saturated carbocycles. The van der Waals surface area contributed by atoms with E-state index in [1.807, 2.05) is 19.1 Å². The van der Waals surface area contributed by atoms with Gasteiger partial charge in [0.25, 0.3) is 5.91 Å². The summed E-state index contributed by atoms with van der Waals surface area (Å²) in [4.78, 5) is 23.9. The number of nitriles is 1. The van der Waals surface area contributed by atoms with Crippen molar-refractivity contribution in [3.63, 3.8) is 0 Å². The lowest BCUT2D eigenvalue weighted by Gasteiger charge is -2.13. The van der Waals surface area contributed by atoms with Crippen LogP contribution in [0, 0.1) is 11.3 Å². The number of thioether (sulfide) groups is 1. The molecule has 0 heterocycles. The number of aldehydes is 1. The van der Waals surface area contributed by atoms with E-state index in [2.05, 4.69) is 11.4 Å². The van der Waals surface area contributed by atoms with Crippen LogP contribution in [0.3, 0.4) is 0 Å². The zero-order valence-corrected chi connectivity index (χ0v) is 15.0. The molecule has 2 aromatic carbocycles. The molecular weight excluding hydrogens is 352 g/mol.